The predicted octanol–water partition coefficient (Wildman–Crippen LogP) is 5.61. The summed E-state index contributed by atoms with van der Waals surface area (Å²) in [6, 6.07) is 22.6. The Morgan fingerprint density at radius 2 is 1.77 bits per heavy atom. The molecule has 0 unspecified atom stereocenters. The van der Waals surface area contributed by atoms with Gasteiger partial charge in [0.2, 0.25) is 0 Å². The summed E-state index contributed by atoms with van der Waals surface area (Å²) in [4.78, 5) is 16.8. The summed E-state index contributed by atoms with van der Waals surface area (Å²) in [7, 11) is 1.60. The molecule has 0 fully saturated rings. The first-order valence-corrected chi connectivity index (χ1v) is 9.94. The molecule has 0 aliphatic heterocycles. The van der Waals surface area contributed by atoms with Crippen LogP contribution in [0.5, 0.6) is 11.5 Å². The molecule has 0 amide bonds. The van der Waals surface area contributed by atoms with E-state index in [2.05, 4.69) is 10.3 Å². The molecule has 0 spiro atoms. The number of aromatic nitrogens is 1. The summed E-state index contributed by atoms with van der Waals surface area (Å²) >= 11 is 0. The number of nitrogens with one attached hydrogen (secondary N) is 2. The zero-order valence-electron chi connectivity index (χ0n) is 17.0. The molecule has 0 radical (unpaired) electrons. The molecule has 1 atom stereocenters. The minimum absolute atomic E-state index is 0.00787. The predicted molar refractivity (Wildman–Crippen MR) is 120 cm³/mol. The van der Waals surface area contributed by atoms with Crippen molar-refractivity contribution < 1.29 is 14.3 Å². The van der Waals surface area contributed by atoms with Gasteiger partial charge in [0.25, 0.3) is 0 Å². The van der Waals surface area contributed by atoms with E-state index in [4.69, 9.17) is 9.47 Å². The average Bonchev–Trinajstić information content (AvgIpc) is 3.23. The van der Waals surface area contributed by atoms with Gasteiger partial charge in [0, 0.05) is 34.4 Å². The Balaban J connectivity index is 1.72. The highest BCUT2D eigenvalue weighted by atomic mass is 16.5. The Kier molecular flexibility index (Phi) is 5.70. The van der Waals surface area contributed by atoms with E-state index in [-0.39, 0.29) is 5.78 Å². The number of carbonyl (C=O) groups is 1. The van der Waals surface area contributed by atoms with Crippen molar-refractivity contribution >= 4 is 22.4 Å². The maximum atomic E-state index is 13.6. The number of methoxy groups -OCH3 is 1. The van der Waals surface area contributed by atoms with Gasteiger partial charge in [-0.15, -0.1) is 0 Å². The van der Waals surface area contributed by atoms with Gasteiger partial charge in [-0.3, -0.25) is 4.79 Å². The molecular weight excluding hydrogens is 376 g/mol. The number of fused-ring (bicyclic) bond motifs is 1. The molecular formula is C25H24N2O3. The minimum Gasteiger partial charge on any atom is -0.493 e. The van der Waals surface area contributed by atoms with Crippen molar-refractivity contribution in [3.8, 4) is 11.5 Å². The lowest BCUT2D eigenvalue weighted by Gasteiger charge is -2.20. The molecule has 4 aromatic rings. The number of aromatic amines is 1. The second kappa shape index (κ2) is 8.74. The van der Waals surface area contributed by atoms with E-state index >= 15 is 0 Å². The maximum Gasteiger partial charge on any atom is 0.191 e. The zero-order valence-corrected chi connectivity index (χ0v) is 17.0. The van der Waals surface area contributed by atoms with E-state index in [9.17, 15) is 4.79 Å². The van der Waals surface area contributed by atoms with Crippen LogP contribution in [0.2, 0.25) is 0 Å². The standard InChI is InChI=1S/C25H24N2O3/c1-3-30-22-14-13-18(15-23(22)29-2)27-24(17-9-5-4-6-10-17)25(28)20-16-26-21-12-8-7-11-19(20)21/h4-16,24,26-27H,3H2,1-2H3/t24-/m0/s1. The molecule has 2 N–H and O–H groups in total. The van der Waals surface area contributed by atoms with Gasteiger partial charge in [-0.1, -0.05) is 48.5 Å². The van der Waals surface area contributed by atoms with Crippen molar-refractivity contribution in [3.63, 3.8) is 0 Å². The van der Waals surface area contributed by atoms with Gasteiger partial charge in [-0.2, -0.15) is 0 Å². The van der Waals surface area contributed by atoms with Gasteiger partial charge in [-0.05, 0) is 30.7 Å². The lowest BCUT2D eigenvalue weighted by atomic mass is 9.96. The quantitative estimate of drug-likeness (QED) is 0.377. The van der Waals surface area contributed by atoms with Gasteiger partial charge in [0.15, 0.2) is 17.3 Å². The van der Waals surface area contributed by atoms with E-state index in [1.807, 2.05) is 79.7 Å². The van der Waals surface area contributed by atoms with Crippen LogP contribution in [0.15, 0.2) is 79.0 Å². The van der Waals surface area contributed by atoms with Crippen LogP contribution >= 0.6 is 0 Å². The van der Waals surface area contributed by atoms with Crippen molar-refractivity contribution in [3.05, 3.63) is 90.1 Å². The number of rotatable bonds is 8. The summed E-state index contributed by atoms with van der Waals surface area (Å²) in [5.74, 6) is 1.28. The third-order valence-corrected chi connectivity index (χ3v) is 5.02. The molecule has 0 bridgehead atoms. The number of carbonyl (C=O) groups excluding carboxylic acids is 1. The summed E-state index contributed by atoms with van der Waals surface area (Å²) in [6.07, 6.45) is 1.78. The highest BCUT2D eigenvalue weighted by Crippen LogP contribution is 2.33. The van der Waals surface area contributed by atoms with Crippen LogP contribution in [0, 0.1) is 0 Å². The molecule has 1 aromatic heterocycles. The Morgan fingerprint density at radius 3 is 2.53 bits per heavy atom. The fourth-order valence-corrected chi connectivity index (χ4v) is 3.58. The molecule has 0 saturated carbocycles. The molecule has 3 aromatic carbocycles. The third-order valence-electron chi connectivity index (χ3n) is 5.02. The van der Waals surface area contributed by atoms with E-state index < -0.39 is 6.04 Å². The molecule has 0 saturated heterocycles. The second-order valence-electron chi connectivity index (χ2n) is 6.90. The number of ether oxygens (including phenoxy) is 2. The van der Waals surface area contributed by atoms with E-state index in [1.54, 1.807) is 13.3 Å². The topological polar surface area (TPSA) is 63.3 Å². The lowest BCUT2D eigenvalue weighted by molar-refractivity contribution is 0.0971. The van der Waals surface area contributed by atoms with Gasteiger partial charge < -0.3 is 19.8 Å². The van der Waals surface area contributed by atoms with Gasteiger partial charge in [-0.25, -0.2) is 0 Å². The summed E-state index contributed by atoms with van der Waals surface area (Å²) in [5, 5.41) is 4.30. The zero-order chi connectivity index (χ0) is 20.9. The first-order valence-electron chi connectivity index (χ1n) is 9.94. The van der Waals surface area contributed by atoms with Gasteiger partial charge in [0.1, 0.15) is 6.04 Å². The fourth-order valence-electron chi connectivity index (χ4n) is 3.58. The monoisotopic (exact) mass is 400 g/mol. The van der Waals surface area contributed by atoms with Crippen LogP contribution in [0.1, 0.15) is 28.9 Å². The maximum absolute atomic E-state index is 13.6. The number of ketones is 1. The SMILES string of the molecule is CCOc1ccc(N[C@H](C(=O)c2c[nH]c3ccccc23)c2ccccc2)cc1OC. The summed E-state index contributed by atoms with van der Waals surface area (Å²) < 4.78 is 11.1. The number of H-pyrrole nitrogens is 1. The molecule has 0 aliphatic rings. The van der Waals surface area contributed by atoms with Crippen LogP contribution in [0.3, 0.4) is 0 Å². The number of anilines is 1. The van der Waals surface area contributed by atoms with Crippen molar-refractivity contribution in [1.82, 2.24) is 4.98 Å². The fraction of sp³-hybridized carbons (Fsp3) is 0.160. The van der Waals surface area contributed by atoms with Crippen molar-refractivity contribution in [1.29, 1.82) is 0 Å². The number of benzene rings is 3. The van der Waals surface area contributed by atoms with Crippen molar-refractivity contribution in [2.24, 2.45) is 0 Å². The molecule has 4 rings (SSSR count). The first kappa shape index (κ1) is 19.6. The summed E-state index contributed by atoms with van der Waals surface area (Å²) in [6.45, 7) is 2.48. The molecule has 30 heavy (non-hydrogen) atoms. The first-order chi connectivity index (χ1) is 14.7. The smallest absolute Gasteiger partial charge is 0.191 e. The number of para-hydroxylation sites is 1. The van der Waals surface area contributed by atoms with Gasteiger partial charge >= 0.3 is 0 Å². The largest absolute Gasteiger partial charge is 0.493 e. The van der Waals surface area contributed by atoms with Crippen LogP contribution in [-0.2, 0) is 0 Å². The Bertz CT molecular complexity index is 1150. The normalized spacial score (nSPS) is 11.8. The van der Waals surface area contributed by atoms with Crippen LogP contribution in [-0.4, -0.2) is 24.5 Å². The number of hydrogen-bond donors (Lipinski definition) is 2. The van der Waals surface area contributed by atoms with Crippen LogP contribution in [0.25, 0.3) is 10.9 Å². The van der Waals surface area contributed by atoms with Crippen molar-refractivity contribution in [2.45, 2.75) is 13.0 Å². The van der Waals surface area contributed by atoms with E-state index in [1.165, 1.54) is 0 Å². The minimum atomic E-state index is -0.548. The Labute approximate surface area is 175 Å². The second-order valence-corrected chi connectivity index (χ2v) is 6.90. The molecule has 0 aliphatic carbocycles. The molecule has 5 nitrogen and oxygen atoms in total. The average molecular weight is 400 g/mol. The van der Waals surface area contributed by atoms with Crippen LogP contribution in [0.4, 0.5) is 5.69 Å². The molecule has 5 heteroatoms. The summed E-state index contributed by atoms with van der Waals surface area (Å²) in [5.41, 5.74) is 3.26. The lowest BCUT2D eigenvalue weighted by Crippen LogP contribution is -2.21. The Morgan fingerprint density at radius 1 is 1.00 bits per heavy atom. The molecule has 152 valence electrons. The number of hydrogen-bond acceptors (Lipinski definition) is 4. The van der Waals surface area contributed by atoms with Crippen molar-refractivity contribution in [2.75, 3.05) is 19.0 Å². The number of Topliss-reactive ketones (excluding diaryl/α,β-unsaturated/α-hetero) is 1. The van der Waals surface area contributed by atoms with E-state index in [0.717, 1.165) is 22.2 Å². The highest BCUT2D eigenvalue weighted by molar-refractivity contribution is 6.11. The highest BCUT2D eigenvalue weighted by Gasteiger charge is 2.24. The Hall–Kier alpha value is -3.73. The molecule has 1 heterocycles. The van der Waals surface area contributed by atoms with E-state index in [0.29, 0.717) is 23.7 Å². The van der Waals surface area contributed by atoms with Gasteiger partial charge in [0.05, 0.1) is 13.7 Å². The third kappa shape index (κ3) is 3.87. The van der Waals surface area contributed by atoms with Crippen LogP contribution < -0.4 is 14.8 Å².